The first-order chi connectivity index (χ1) is 12.6. The Morgan fingerprint density at radius 3 is 2.42 bits per heavy atom. The molecule has 3 aromatic carbocycles. The second-order valence-electron chi connectivity index (χ2n) is 5.53. The second-order valence-corrected chi connectivity index (χ2v) is 5.53. The van der Waals surface area contributed by atoms with Crippen LogP contribution in [-0.2, 0) is 14.3 Å². The van der Waals surface area contributed by atoms with Crippen LogP contribution in [0.4, 0.5) is 5.69 Å². The zero-order valence-electron chi connectivity index (χ0n) is 13.8. The topological polar surface area (TPSA) is 84.9 Å². The number of amides is 1. The van der Waals surface area contributed by atoms with Gasteiger partial charge in [-0.1, -0.05) is 42.5 Å². The fourth-order valence-corrected chi connectivity index (χ4v) is 2.37. The number of rotatable bonds is 6. The molecule has 0 radical (unpaired) electrons. The normalized spacial score (nSPS) is 10.3. The van der Waals surface area contributed by atoms with Gasteiger partial charge in [0.1, 0.15) is 0 Å². The molecule has 2 N–H and O–H groups in total. The summed E-state index contributed by atoms with van der Waals surface area (Å²) in [5.41, 5.74) is 0.621. The lowest BCUT2D eigenvalue weighted by Crippen LogP contribution is -2.23. The molecule has 0 aliphatic rings. The van der Waals surface area contributed by atoms with E-state index in [0.29, 0.717) is 5.69 Å². The van der Waals surface area contributed by atoms with Crippen molar-refractivity contribution in [3.05, 3.63) is 66.7 Å². The van der Waals surface area contributed by atoms with Crippen molar-refractivity contribution in [2.24, 2.45) is 0 Å². The summed E-state index contributed by atoms with van der Waals surface area (Å²) in [6.45, 7) is -0.823. The second kappa shape index (κ2) is 8.02. The molecular weight excluding hydrogens is 334 g/mol. The van der Waals surface area contributed by atoms with Crippen molar-refractivity contribution in [3.8, 4) is 11.5 Å². The van der Waals surface area contributed by atoms with E-state index in [4.69, 9.17) is 9.47 Å². The quantitative estimate of drug-likeness (QED) is 0.667. The maximum atomic E-state index is 11.9. The highest BCUT2D eigenvalue weighted by molar-refractivity contribution is 5.95. The Bertz CT molecular complexity index is 938. The first kappa shape index (κ1) is 17.3. The summed E-state index contributed by atoms with van der Waals surface area (Å²) >= 11 is 0. The third-order valence-electron chi connectivity index (χ3n) is 3.61. The number of hydrogen-bond acceptors (Lipinski definition) is 5. The summed E-state index contributed by atoms with van der Waals surface area (Å²) in [7, 11) is 0. The minimum Gasteiger partial charge on any atom is -0.504 e. The molecule has 0 aromatic heterocycles. The van der Waals surface area contributed by atoms with Crippen LogP contribution >= 0.6 is 0 Å². The molecule has 0 saturated heterocycles. The standard InChI is InChI=1S/C20H17NO5/c22-17-7-3-4-8-18(17)25-13-20(24)26-12-19(23)21-16-10-9-14-5-1-2-6-15(14)11-16/h1-11,22H,12-13H2,(H,21,23). The van der Waals surface area contributed by atoms with E-state index in [-0.39, 0.29) is 11.5 Å². The number of carbonyl (C=O) groups is 2. The maximum Gasteiger partial charge on any atom is 0.344 e. The Hall–Kier alpha value is -3.54. The summed E-state index contributed by atoms with van der Waals surface area (Å²) in [5.74, 6) is -1.06. The number of anilines is 1. The van der Waals surface area contributed by atoms with E-state index in [9.17, 15) is 14.7 Å². The van der Waals surface area contributed by atoms with E-state index in [0.717, 1.165) is 10.8 Å². The van der Waals surface area contributed by atoms with Gasteiger partial charge >= 0.3 is 5.97 Å². The van der Waals surface area contributed by atoms with E-state index >= 15 is 0 Å². The van der Waals surface area contributed by atoms with Crippen molar-refractivity contribution >= 4 is 28.3 Å². The Labute approximate surface area is 150 Å². The van der Waals surface area contributed by atoms with Crippen molar-refractivity contribution in [1.82, 2.24) is 0 Å². The molecule has 0 aliphatic heterocycles. The van der Waals surface area contributed by atoms with Crippen LogP contribution < -0.4 is 10.1 Å². The summed E-state index contributed by atoms with van der Waals surface area (Å²) in [6, 6.07) is 19.6. The summed E-state index contributed by atoms with van der Waals surface area (Å²) in [4.78, 5) is 23.6. The van der Waals surface area contributed by atoms with Gasteiger partial charge in [0.25, 0.3) is 5.91 Å². The number of ether oxygens (including phenoxy) is 2. The molecule has 1 amide bonds. The van der Waals surface area contributed by atoms with Crippen LogP contribution in [0, 0.1) is 0 Å². The SMILES string of the molecule is O=C(COC(=O)COc1ccccc1O)Nc1ccc2ccccc2c1. The predicted octanol–water partition coefficient (Wildman–Crippen LogP) is 3.11. The van der Waals surface area contributed by atoms with Crippen LogP contribution in [0.15, 0.2) is 66.7 Å². The first-order valence-electron chi connectivity index (χ1n) is 7.97. The number of benzene rings is 3. The Balaban J connectivity index is 1.47. The zero-order chi connectivity index (χ0) is 18.4. The molecule has 3 aromatic rings. The van der Waals surface area contributed by atoms with Gasteiger partial charge in [-0.15, -0.1) is 0 Å². The van der Waals surface area contributed by atoms with Gasteiger partial charge in [0, 0.05) is 5.69 Å². The summed E-state index contributed by atoms with van der Waals surface area (Å²) < 4.78 is 10.0. The van der Waals surface area contributed by atoms with Gasteiger partial charge in [0.05, 0.1) is 0 Å². The van der Waals surface area contributed by atoms with E-state index < -0.39 is 25.1 Å². The Kier molecular flexibility index (Phi) is 5.34. The number of carbonyl (C=O) groups excluding carboxylic acids is 2. The average molecular weight is 351 g/mol. The highest BCUT2D eigenvalue weighted by Gasteiger charge is 2.10. The van der Waals surface area contributed by atoms with Gasteiger partial charge in [0.2, 0.25) is 0 Å². The molecule has 26 heavy (non-hydrogen) atoms. The van der Waals surface area contributed by atoms with Crippen molar-refractivity contribution in [2.75, 3.05) is 18.5 Å². The summed E-state index contributed by atoms with van der Waals surface area (Å²) in [6.07, 6.45) is 0. The number of hydrogen-bond donors (Lipinski definition) is 2. The molecule has 0 spiro atoms. The van der Waals surface area contributed by atoms with E-state index in [1.54, 1.807) is 18.2 Å². The van der Waals surface area contributed by atoms with Crippen molar-refractivity contribution in [1.29, 1.82) is 0 Å². The molecule has 0 fully saturated rings. The van der Waals surface area contributed by atoms with Gasteiger partial charge in [-0.25, -0.2) is 4.79 Å². The average Bonchev–Trinajstić information content (AvgIpc) is 2.65. The number of aromatic hydroxyl groups is 1. The summed E-state index contributed by atoms with van der Waals surface area (Å²) in [5, 5.41) is 14.3. The van der Waals surface area contributed by atoms with Gasteiger partial charge in [0.15, 0.2) is 24.7 Å². The van der Waals surface area contributed by atoms with Gasteiger partial charge in [-0.3, -0.25) is 4.79 Å². The molecule has 6 nitrogen and oxygen atoms in total. The number of para-hydroxylation sites is 2. The number of esters is 1. The Morgan fingerprint density at radius 2 is 1.62 bits per heavy atom. The molecular formula is C20H17NO5. The van der Waals surface area contributed by atoms with Gasteiger partial charge < -0.3 is 19.9 Å². The lowest BCUT2D eigenvalue weighted by atomic mass is 10.1. The van der Waals surface area contributed by atoms with Crippen LogP contribution in [0.25, 0.3) is 10.8 Å². The van der Waals surface area contributed by atoms with E-state index in [1.165, 1.54) is 12.1 Å². The van der Waals surface area contributed by atoms with Crippen molar-refractivity contribution in [2.45, 2.75) is 0 Å². The third kappa shape index (κ3) is 4.51. The molecule has 0 unspecified atom stereocenters. The number of phenols is 1. The molecule has 6 heteroatoms. The molecule has 0 atom stereocenters. The molecule has 0 aliphatic carbocycles. The van der Waals surface area contributed by atoms with Gasteiger partial charge in [-0.05, 0) is 35.0 Å². The zero-order valence-corrected chi connectivity index (χ0v) is 13.8. The lowest BCUT2D eigenvalue weighted by molar-refractivity contribution is -0.149. The number of fused-ring (bicyclic) bond motifs is 1. The van der Waals surface area contributed by atoms with Crippen LogP contribution in [0.3, 0.4) is 0 Å². The fraction of sp³-hybridized carbons (Fsp3) is 0.100. The molecule has 0 saturated carbocycles. The Morgan fingerprint density at radius 1 is 0.885 bits per heavy atom. The number of phenolic OH excluding ortho intramolecular Hbond substituents is 1. The minimum absolute atomic E-state index is 0.0747. The van der Waals surface area contributed by atoms with Crippen LogP contribution in [0.1, 0.15) is 0 Å². The molecule has 132 valence electrons. The predicted molar refractivity (Wildman–Crippen MR) is 97.1 cm³/mol. The minimum atomic E-state index is -0.707. The van der Waals surface area contributed by atoms with Gasteiger partial charge in [-0.2, -0.15) is 0 Å². The number of nitrogens with one attached hydrogen (secondary N) is 1. The van der Waals surface area contributed by atoms with Crippen LogP contribution in [-0.4, -0.2) is 30.2 Å². The largest absolute Gasteiger partial charge is 0.504 e. The highest BCUT2D eigenvalue weighted by Crippen LogP contribution is 2.24. The monoisotopic (exact) mass is 351 g/mol. The third-order valence-corrected chi connectivity index (χ3v) is 3.61. The highest BCUT2D eigenvalue weighted by atomic mass is 16.6. The van der Waals surface area contributed by atoms with Crippen LogP contribution in [0.2, 0.25) is 0 Å². The van der Waals surface area contributed by atoms with E-state index in [2.05, 4.69) is 5.32 Å². The maximum absolute atomic E-state index is 11.9. The fourth-order valence-electron chi connectivity index (χ4n) is 2.37. The molecule has 3 rings (SSSR count). The lowest BCUT2D eigenvalue weighted by Gasteiger charge is -2.09. The van der Waals surface area contributed by atoms with Crippen molar-refractivity contribution < 1.29 is 24.2 Å². The molecule has 0 heterocycles. The smallest absolute Gasteiger partial charge is 0.344 e. The molecule has 0 bridgehead atoms. The first-order valence-corrected chi connectivity index (χ1v) is 7.97. The van der Waals surface area contributed by atoms with Crippen LogP contribution in [0.5, 0.6) is 11.5 Å². The van der Waals surface area contributed by atoms with E-state index in [1.807, 2.05) is 36.4 Å². The van der Waals surface area contributed by atoms with Crippen molar-refractivity contribution in [3.63, 3.8) is 0 Å².